The number of nitrogens with zero attached hydrogens (tertiary/aromatic N) is 3. The normalized spacial score (nSPS) is 16.0. The molecule has 1 aromatic carbocycles. The number of amides is 1. The van der Waals surface area contributed by atoms with Crippen molar-refractivity contribution in [3.8, 4) is 6.07 Å². The van der Waals surface area contributed by atoms with E-state index in [1.165, 1.54) is 0 Å². The molecule has 1 heterocycles. The van der Waals surface area contributed by atoms with Crippen molar-refractivity contribution in [1.29, 1.82) is 5.26 Å². The Bertz CT molecular complexity index is 598. The second kappa shape index (κ2) is 8.17. The molecule has 23 heavy (non-hydrogen) atoms. The van der Waals surface area contributed by atoms with Gasteiger partial charge in [-0.3, -0.25) is 9.69 Å². The summed E-state index contributed by atoms with van der Waals surface area (Å²) in [5.41, 5.74) is 6.87. The second-order valence-corrected chi connectivity index (χ2v) is 5.33. The number of carbonyl (C=O) groups excluding carboxylic acids is 1. The van der Waals surface area contributed by atoms with Crippen molar-refractivity contribution in [2.24, 2.45) is 0 Å². The number of β-amino-alcohol motifs (C(OH)–C–C–N with tert-alkyl or cyclic N) is 1. The van der Waals surface area contributed by atoms with Crippen molar-refractivity contribution in [3.63, 3.8) is 0 Å². The van der Waals surface area contributed by atoms with E-state index in [0.717, 1.165) is 26.2 Å². The van der Waals surface area contributed by atoms with Gasteiger partial charge in [-0.15, -0.1) is 0 Å². The predicted octanol–water partition coefficient (Wildman–Crippen LogP) is 0.225. The molecule has 0 bridgehead atoms. The molecule has 0 aromatic heterocycles. The van der Waals surface area contributed by atoms with E-state index in [2.05, 4.69) is 10.2 Å². The number of carbonyl (C=O) groups is 1. The van der Waals surface area contributed by atoms with Gasteiger partial charge in [-0.1, -0.05) is 0 Å². The van der Waals surface area contributed by atoms with Crippen molar-refractivity contribution < 1.29 is 9.90 Å². The minimum Gasteiger partial charge on any atom is -0.399 e. The summed E-state index contributed by atoms with van der Waals surface area (Å²) in [7, 11) is 0. The number of benzene rings is 1. The maximum Gasteiger partial charge on any atom is 0.267 e. The Kier molecular flexibility index (Phi) is 5.97. The van der Waals surface area contributed by atoms with Gasteiger partial charge in [-0.25, -0.2) is 0 Å². The number of piperazine rings is 1. The molecule has 1 fully saturated rings. The molecule has 2 rings (SSSR count). The van der Waals surface area contributed by atoms with Gasteiger partial charge in [0.25, 0.3) is 5.91 Å². The maximum absolute atomic E-state index is 12.2. The third kappa shape index (κ3) is 4.98. The lowest BCUT2D eigenvalue weighted by Crippen LogP contribution is -2.45. The highest BCUT2D eigenvalue weighted by Crippen LogP contribution is 2.12. The van der Waals surface area contributed by atoms with Gasteiger partial charge in [0.1, 0.15) is 11.6 Å². The van der Waals surface area contributed by atoms with E-state index in [4.69, 9.17) is 10.8 Å². The Balaban J connectivity index is 1.95. The summed E-state index contributed by atoms with van der Waals surface area (Å²) in [5.74, 6) is -0.435. The first-order valence-electron chi connectivity index (χ1n) is 7.48. The van der Waals surface area contributed by atoms with E-state index in [9.17, 15) is 10.1 Å². The third-order valence-electron chi connectivity index (χ3n) is 3.67. The Morgan fingerprint density at radius 2 is 1.96 bits per heavy atom. The molecule has 7 heteroatoms. The molecule has 1 saturated heterocycles. The molecule has 0 atom stereocenters. The van der Waals surface area contributed by atoms with Gasteiger partial charge in [-0.2, -0.15) is 5.26 Å². The van der Waals surface area contributed by atoms with E-state index < -0.39 is 5.91 Å². The van der Waals surface area contributed by atoms with E-state index in [-0.39, 0.29) is 12.2 Å². The first-order chi connectivity index (χ1) is 11.1. The Morgan fingerprint density at radius 3 is 2.52 bits per heavy atom. The van der Waals surface area contributed by atoms with Crippen molar-refractivity contribution in [2.75, 3.05) is 50.4 Å². The van der Waals surface area contributed by atoms with Crippen LogP contribution < -0.4 is 11.1 Å². The number of hydrogen-bond acceptors (Lipinski definition) is 6. The summed E-state index contributed by atoms with van der Waals surface area (Å²) in [6.45, 7) is 3.84. The molecule has 0 radical (unpaired) electrons. The lowest BCUT2D eigenvalue weighted by Gasteiger charge is -2.33. The summed E-state index contributed by atoms with van der Waals surface area (Å²) in [6, 6.07) is 8.70. The van der Waals surface area contributed by atoms with Crippen LogP contribution in [0.25, 0.3) is 0 Å². The van der Waals surface area contributed by atoms with Gasteiger partial charge in [0.2, 0.25) is 0 Å². The van der Waals surface area contributed by atoms with Crippen LogP contribution in [0.15, 0.2) is 36.0 Å². The van der Waals surface area contributed by atoms with Crippen LogP contribution >= 0.6 is 0 Å². The zero-order chi connectivity index (χ0) is 16.7. The molecular formula is C16H21N5O2. The second-order valence-electron chi connectivity index (χ2n) is 5.33. The van der Waals surface area contributed by atoms with Crippen LogP contribution in [-0.4, -0.2) is 60.1 Å². The molecule has 0 spiro atoms. The zero-order valence-electron chi connectivity index (χ0n) is 12.9. The molecule has 1 aromatic rings. The summed E-state index contributed by atoms with van der Waals surface area (Å²) >= 11 is 0. The zero-order valence-corrected chi connectivity index (χ0v) is 12.9. The van der Waals surface area contributed by atoms with Gasteiger partial charge in [-0.05, 0) is 24.3 Å². The van der Waals surface area contributed by atoms with E-state index in [0.29, 0.717) is 17.9 Å². The lowest BCUT2D eigenvalue weighted by molar-refractivity contribution is -0.112. The number of nitrogens with two attached hydrogens (primary N) is 1. The number of aliphatic hydroxyl groups excluding tert-OH is 1. The van der Waals surface area contributed by atoms with Crippen LogP contribution in [0.3, 0.4) is 0 Å². The predicted molar refractivity (Wildman–Crippen MR) is 88.3 cm³/mol. The molecule has 0 unspecified atom stereocenters. The SMILES string of the molecule is N#C/C(=C/N1CCN(CCO)CC1)C(=O)Nc1ccc(N)cc1. The van der Waals surface area contributed by atoms with Gasteiger partial charge >= 0.3 is 0 Å². The van der Waals surface area contributed by atoms with E-state index in [1.807, 2.05) is 11.0 Å². The van der Waals surface area contributed by atoms with Crippen molar-refractivity contribution in [2.45, 2.75) is 0 Å². The maximum atomic E-state index is 12.2. The highest BCUT2D eigenvalue weighted by Gasteiger charge is 2.17. The molecule has 1 aliphatic heterocycles. The number of nitrogen functional groups attached to an aromatic ring is 1. The number of hydrogen-bond donors (Lipinski definition) is 3. The molecule has 1 amide bonds. The van der Waals surface area contributed by atoms with Gasteiger partial charge < -0.3 is 21.1 Å². The van der Waals surface area contributed by atoms with Crippen molar-refractivity contribution >= 4 is 17.3 Å². The summed E-state index contributed by atoms with van der Waals surface area (Å²) < 4.78 is 0. The van der Waals surface area contributed by atoms with Crippen LogP contribution in [0.5, 0.6) is 0 Å². The average Bonchev–Trinajstić information content (AvgIpc) is 2.56. The highest BCUT2D eigenvalue weighted by molar-refractivity contribution is 6.06. The highest BCUT2D eigenvalue weighted by atomic mass is 16.3. The molecule has 7 nitrogen and oxygen atoms in total. The van der Waals surface area contributed by atoms with Crippen molar-refractivity contribution in [3.05, 3.63) is 36.0 Å². The minimum atomic E-state index is -0.435. The lowest BCUT2D eigenvalue weighted by atomic mass is 10.2. The summed E-state index contributed by atoms with van der Waals surface area (Å²) in [5, 5.41) is 20.8. The summed E-state index contributed by atoms with van der Waals surface area (Å²) in [4.78, 5) is 16.3. The minimum absolute atomic E-state index is 0.0671. The van der Waals surface area contributed by atoms with Gasteiger partial charge in [0.15, 0.2) is 0 Å². The fourth-order valence-corrected chi connectivity index (χ4v) is 2.34. The van der Waals surface area contributed by atoms with Crippen LogP contribution in [-0.2, 0) is 4.79 Å². The number of rotatable bonds is 5. The molecule has 0 aliphatic carbocycles. The molecule has 0 saturated carbocycles. The van der Waals surface area contributed by atoms with E-state index in [1.54, 1.807) is 30.5 Å². The van der Waals surface area contributed by atoms with Crippen LogP contribution in [0, 0.1) is 11.3 Å². The van der Waals surface area contributed by atoms with Crippen LogP contribution in [0.4, 0.5) is 11.4 Å². The van der Waals surface area contributed by atoms with Gasteiger partial charge in [0.05, 0.1) is 6.61 Å². The standard InChI is InChI=1S/C16H21N5O2/c17-11-13(12-21-7-5-20(6-8-21)9-10-22)16(23)19-15-3-1-14(18)2-4-15/h1-4,12,22H,5-10,18H2,(H,19,23)/b13-12-. The van der Waals surface area contributed by atoms with E-state index >= 15 is 0 Å². The number of anilines is 2. The van der Waals surface area contributed by atoms with Crippen LogP contribution in [0.1, 0.15) is 0 Å². The smallest absolute Gasteiger partial charge is 0.267 e. The Labute approximate surface area is 135 Å². The molecule has 122 valence electrons. The fourth-order valence-electron chi connectivity index (χ4n) is 2.34. The largest absolute Gasteiger partial charge is 0.399 e. The number of nitrogens with one attached hydrogen (secondary N) is 1. The van der Waals surface area contributed by atoms with Gasteiger partial charge in [0, 0.05) is 50.3 Å². The Morgan fingerprint density at radius 1 is 1.30 bits per heavy atom. The first kappa shape index (κ1) is 16.8. The first-order valence-corrected chi connectivity index (χ1v) is 7.48. The molecular weight excluding hydrogens is 294 g/mol. The quantitative estimate of drug-likeness (QED) is 0.408. The number of aliphatic hydroxyl groups is 1. The Hall–Kier alpha value is -2.56. The average molecular weight is 315 g/mol. The van der Waals surface area contributed by atoms with Crippen molar-refractivity contribution in [1.82, 2.24) is 9.80 Å². The van der Waals surface area contributed by atoms with Crippen LogP contribution in [0.2, 0.25) is 0 Å². The molecule has 4 N–H and O–H groups in total. The monoisotopic (exact) mass is 315 g/mol. The number of nitriles is 1. The fraction of sp³-hybridized carbons (Fsp3) is 0.375. The third-order valence-corrected chi connectivity index (χ3v) is 3.67. The molecule has 1 aliphatic rings. The summed E-state index contributed by atoms with van der Waals surface area (Å²) in [6.07, 6.45) is 1.60. The topological polar surface area (TPSA) is 106 Å².